The van der Waals surface area contributed by atoms with Gasteiger partial charge in [-0.2, -0.15) is 4.98 Å². The Balaban J connectivity index is 1.51. The first-order chi connectivity index (χ1) is 11.3. The fourth-order valence-electron chi connectivity index (χ4n) is 2.77. The molecule has 3 rings (SSSR count). The third kappa shape index (κ3) is 3.98. The van der Waals surface area contributed by atoms with Crippen molar-refractivity contribution in [3.63, 3.8) is 0 Å². The summed E-state index contributed by atoms with van der Waals surface area (Å²) in [5.41, 5.74) is 0. The van der Waals surface area contributed by atoms with E-state index >= 15 is 0 Å². The van der Waals surface area contributed by atoms with Crippen molar-refractivity contribution in [3.05, 3.63) is 24.3 Å². The van der Waals surface area contributed by atoms with E-state index in [0.717, 1.165) is 39.1 Å². The van der Waals surface area contributed by atoms with Crippen molar-refractivity contribution in [2.75, 3.05) is 32.7 Å². The van der Waals surface area contributed by atoms with Crippen LogP contribution in [-0.4, -0.2) is 58.6 Å². The molecule has 1 aliphatic heterocycles. The van der Waals surface area contributed by atoms with Crippen LogP contribution in [0.4, 0.5) is 0 Å². The predicted octanol–water partition coefficient (Wildman–Crippen LogP) is 1.82. The Bertz CT molecular complexity index is 623. The minimum atomic E-state index is 0.153. The number of carbonyl (C=O) groups is 1. The molecule has 0 radical (unpaired) electrons. The van der Waals surface area contributed by atoms with E-state index in [1.54, 1.807) is 18.4 Å². The number of hydrogen-bond donors (Lipinski definition) is 0. The normalized spacial score (nSPS) is 16.5. The highest BCUT2D eigenvalue weighted by Crippen LogP contribution is 2.16. The van der Waals surface area contributed by atoms with Crippen molar-refractivity contribution >= 4 is 5.91 Å². The van der Waals surface area contributed by atoms with Gasteiger partial charge in [0, 0.05) is 32.5 Å². The van der Waals surface area contributed by atoms with Gasteiger partial charge in [0.2, 0.25) is 17.6 Å². The van der Waals surface area contributed by atoms with E-state index in [-0.39, 0.29) is 5.91 Å². The summed E-state index contributed by atoms with van der Waals surface area (Å²) in [7, 11) is 0. The van der Waals surface area contributed by atoms with Gasteiger partial charge in [0.05, 0.1) is 6.26 Å². The zero-order valence-corrected chi connectivity index (χ0v) is 13.4. The second-order valence-electron chi connectivity index (χ2n) is 5.66. The molecule has 7 nitrogen and oxygen atoms in total. The molecule has 2 aromatic rings. The topological polar surface area (TPSA) is 75.6 Å². The monoisotopic (exact) mass is 318 g/mol. The van der Waals surface area contributed by atoms with E-state index in [9.17, 15) is 4.79 Å². The number of aryl methyl sites for hydroxylation is 1. The largest absolute Gasteiger partial charge is 0.461 e. The summed E-state index contributed by atoms with van der Waals surface area (Å²) in [5.74, 6) is 1.61. The highest BCUT2D eigenvalue weighted by molar-refractivity contribution is 5.76. The molecule has 1 amide bonds. The molecule has 0 atom stereocenters. The molecule has 0 aromatic carbocycles. The third-order valence-corrected chi connectivity index (χ3v) is 4.15. The number of nitrogens with zero attached hydrogens (tertiary/aromatic N) is 4. The zero-order chi connectivity index (χ0) is 16.1. The number of hydrogen-bond acceptors (Lipinski definition) is 6. The lowest BCUT2D eigenvalue weighted by molar-refractivity contribution is -0.131. The van der Waals surface area contributed by atoms with Crippen molar-refractivity contribution in [1.29, 1.82) is 0 Å². The van der Waals surface area contributed by atoms with Gasteiger partial charge in [-0.3, -0.25) is 4.79 Å². The lowest BCUT2D eigenvalue weighted by atomic mass is 10.2. The van der Waals surface area contributed by atoms with E-state index < -0.39 is 0 Å². The molecule has 0 N–H and O–H groups in total. The fourth-order valence-corrected chi connectivity index (χ4v) is 2.77. The first-order valence-corrected chi connectivity index (χ1v) is 8.13. The molecule has 23 heavy (non-hydrogen) atoms. The Labute approximate surface area is 135 Å². The molecule has 7 heteroatoms. The molecule has 0 unspecified atom stereocenters. The maximum atomic E-state index is 12.4. The van der Waals surface area contributed by atoms with E-state index in [1.165, 1.54) is 0 Å². The van der Waals surface area contributed by atoms with Gasteiger partial charge < -0.3 is 18.7 Å². The predicted molar refractivity (Wildman–Crippen MR) is 83.6 cm³/mol. The van der Waals surface area contributed by atoms with E-state index in [1.807, 2.05) is 4.90 Å². The Hall–Kier alpha value is -2.15. The number of furan rings is 1. The molecule has 0 aliphatic carbocycles. The number of likely N-dealkylation sites (N-methyl/N-ethyl adjacent to an activating group) is 1. The Morgan fingerprint density at radius 1 is 1.30 bits per heavy atom. The molecular weight excluding hydrogens is 296 g/mol. The minimum Gasteiger partial charge on any atom is -0.461 e. The Morgan fingerprint density at radius 2 is 2.22 bits per heavy atom. The molecule has 3 heterocycles. The van der Waals surface area contributed by atoms with Gasteiger partial charge in [0.25, 0.3) is 0 Å². The number of amides is 1. The van der Waals surface area contributed by atoms with Crippen LogP contribution in [0.15, 0.2) is 27.3 Å². The molecular formula is C16H22N4O3. The van der Waals surface area contributed by atoms with Crippen molar-refractivity contribution in [3.8, 4) is 11.6 Å². The van der Waals surface area contributed by atoms with Gasteiger partial charge in [-0.25, -0.2) is 0 Å². The molecule has 0 spiro atoms. The first-order valence-electron chi connectivity index (χ1n) is 8.13. The van der Waals surface area contributed by atoms with Crippen LogP contribution in [0.25, 0.3) is 11.6 Å². The van der Waals surface area contributed by atoms with Crippen molar-refractivity contribution in [2.24, 2.45) is 0 Å². The van der Waals surface area contributed by atoms with Gasteiger partial charge >= 0.3 is 0 Å². The summed E-state index contributed by atoms with van der Waals surface area (Å²) < 4.78 is 10.4. The molecule has 2 aromatic heterocycles. The average Bonchev–Trinajstić information content (AvgIpc) is 3.19. The first kappa shape index (κ1) is 15.7. The molecule has 124 valence electrons. The van der Waals surface area contributed by atoms with Crippen LogP contribution >= 0.6 is 0 Å². The number of carbonyl (C=O) groups excluding carboxylic acids is 1. The van der Waals surface area contributed by atoms with E-state index in [2.05, 4.69) is 22.0 Å². The SMILES string of the molecule is CCN1CCCN(C(=O)CCc2nc(-c3ccco3)no2)CC1. The maximum Gasteiger partial charge on any atom is 0.238 e. The third-order valence-electron chi connectivity index (χ3n) is 4.15. The maximum absolute atomic E-state index is 12.4. The van der Waals surface area contributed by atoms with Gasteiger partial charge in [0.15, 0.2) is 5.76 Å². The van der Waals surface area contributed by atoms with Crippen molar-refractivity contribution in [2.45, 2.75) is 26.2 Å². The zero-order valence-electron chi connectivity index (χ0n) is 13.4. The minimum absolute atomic E-state index is 0.153. The smallest absolute Gasteiger partial charge is 0.238 e. The number of rotatable bonds is 5. The number of aromatic nitrogens is 2. The highest BCUT2D eigenvalue weighted by Gasteiger charge is 2.19. The summed E-state index contributed by atoms with van der Waals surface area (Å²) >= 11 is 0. The molecule has 1 saturated heterocycles. The van der Waals surface area contributed by atoms with Crippen molar-refractivity contribution in [1.82, 2.24) is 19.9 Å². The van der Waals surface area contributed by atoms with Crippen LogP contribution in [0.2, 0.25) is 0 Å². The summed E-state index contributed by atoms with van der Waals surface area (Å²) in [5, 5.41) is 3.87. The second-order valence-corrected chi connectivity index (χ2v) is 5.66. The molecule has 0 saturated carbocycles. The summed E-state index contributed by atoms with van der Waals surface area (Å²) in [6.07, 6.45) is 3.45. The molecule has 0 bridgehead atoms. The Kier molecular flexibility index (Phi) is 5.07. The fraction of sp³-hybridized carbons (Fsp3) is 0.562. The average molecular weight is 318 g/mol. The highest BCUT2D eigenvalue weighted by atomic mass is 16.5. The van der Waals surface area contributed by atoms with Gasteiger partial charge in [-0.05, 0) is 31.6 Å². The van der Waals surface area contributed by atoms with Crippen LogP contribution < -0.4 is 0 Å². The summed E-state index contributed by atoms with van der Waals surface area (Å²) in [6.45, 7) is 6.84. The van der Waals surface area contributed by atoms with Crippen LogP contribution in [0.1, 0.15) is 25.7 Å². The summed E-state index contributed by atoms with van der Waals surface area (Å²) in [4.78, 5) is 20.9. The molecule has 1 aliphatic rings. The quantitative estimate of drug-likeness (QED) is 0.837. The van der Waals surface area contributed by atoms with Crippen LogP contribution in [0.5, 0.6) is 0 Å². The van der Waals surface area contributed by atoms with Gasteiger partial charge in [0.1, 0.15) is 0 Å². The summed E-state index contributed by atoms with van der Waals surface area (Å²) in [6, 6.07) is 3.55. The van der Waals surface area contributed by atoms with E-state index in [4.69, 9.17) is 8.94 Å². The van der Waals surface area contributed by atoms with E-state index in [0.29, 0.717) is 30.3 Å². The van der Waals surface area contributed by atoms with Crippen LogP contribution in [0, 0.1) is 0 Å². The standard InChI is InChI=1S/C16H22N4O3/c1-2-19-8-4-9-20(11-10-19)15(21)7-6-14-17-16(18-23-14)13-5-3-12-22-13/h3,5,12H,2,4,6-11H2,1H3. The van der Waals surface area contributed by atoms with Crippen LogP contribution in [-0.2, 0) is 11.2 Å². The van der Waals surface area contributed by atoms with Crippen molar-refractivity contribution < 1.29 is 13.7 Å². The van der Waals surface area contributed by atoms with Gasteiger partial charge in [-0.15, -0.1) is 0 Å². The van der Waals surface area contributed by atoms with Gasteiger partial charge in [-0.1, -0.05) is 12.1 Å². The van der Waals surface area contributed by atoms with Crippen LogP contribution in [0.3, 0.4) is 0 Å². The lowest BCUT2D eigenvalue weighted by Crippen LogP contribution is -2.35. The molecule has 1 fully saturated rings. The lowest BCUT2D eigenvalue weighted by Gasteiger charge is -2.20. The Morgan fingerprint density at radius 3 is 3.00 bits per heavy atom. The second kappa shape index (κ2) is 7.41.